The summed E-state index contributed by atoms with van der Waals surface area (Å²) in [5.41, 5.74) is 2.19. The van der Waals surface area contributed by atoms with Crippen LogP contribution in [-0.4, -0.2) is 23.9 Å². The first-order chi connectivity index (χ1) is 12.0. The molecule has 2 rings (SSSR count). The van der Waals surface area contributed by atoms with Gasteiger partial charge in [0.25, 0.3) is 11.8 Å². The monoisotopic (exact) mass is 339 g/mol. The largest absolute Gasteiger partial charge is 0.494 e. The number of methoxy groups -OCH3 is 1. The van der Waals surface area contributed by atoms with Gasteiger partial charge in [-0.05, 0) is 37.6 Å². The molecule has 0 aliphatic rings. The Balaban J connectivity index is 2.15. The quantitative estimate of drug-likeness (QED) is 0.788. The van der Waals surface area contributed by atoms with Crippen LogP contribution in [0.1, 0.15) is 30.6 Å². The number of aromatic nitrogens is 1. The maximum Gasteiger partial charge on any atom is 0.257 e. The van der Waals surface area contributed by atoms with Crippen LogP contribution in [-0.2, 0) is 4.79 Å². The molecule has 130 valence electrons. The van der Waals surface area contributed by atoms with Crippen LogP contribution in [0, 0.1) is 0 Å². The van der Waals surface area contributed by atoms with E-state index in [0.29, 0.717) is 28.3 Å². The van der Waals surface area contributed by atoms with E-state index in [4.69, 9.17) is 4.74 Å². The molecular formula is C19H21N3O3. The Morgan fingerprint density at radius 1 is 1.24 bits per heavy atom. The van der Waals surface area contributed by atoms with Crippen molar-refractivity contribution in [2.45, 2.75) is 20.3 Å². The van der Waals surface area contributed by atoms with Gasteiger partial charge in [-0.15, -0.1) is 0 Å². The highest BCUT2D eigenvalue weighted by atomic mass is 16.5. The minimum atomic E-state index is -0.287. The van der Waals surface area contributed by atoms with Crippen LogP contribution in [0.3, 0.4) is 0 Å². The summed E-state index contributed by atoms with van der Waals surface area (Å²) in [6, 6.07) is 8.42. The molecule has 2 amide bonds. The molecule has 1 heterocycles. The number of amides is 2. The van der Waals surface area contributed by atoms with Crippen molar-refractivity contribution in [3.8, 4) is 5.75 Å². The van der Waals surface area contributed by atoms with Gasteiger partial charge < -0.3 is 15.4 Å². The van der Waals surface area contributed by atoms with Gasteiger partial charge >= 0.3 is 0 Å². The molecule has 2 N–H and O–H groups in total. The van der Waals surface area contributed by atoms with Gasteiger partial charge in [0.15, 0.2) is 0 Å². The van der Waals surface area contributed by atoms with E-state index in [9.17, 15) is 9.59 Å². The van der Waals surface area contributed by atoms with Crippen molar-refractivity contribution in [3.05, 3.63) is 59.9 Å². The summed E-state index contributed by atoms with van der Waals surface area (Å²) in [7, 11) is 1.50. The van der Waals surface area contributed by atoms with E-state index < -0.39 is 0 Å². The molecule has 1 aromatic heterocycles. The summed E-state index contributed by atoms with van der Waals surface area (Å²) in [5, 5.41) is 5.58. The van der Waals surface area contributed by atoms with Crippen LogP contribution >= 0.6 is 0 Å². The van der Waals surface area contributed by atoms with Crippen molar-refractivity contribution in [2.75, 3.05) is 17.7 Å². The highest BCUT2D eigenvalue weighted by Crippen LogP contribution is 2.28. The fraction of sp³-hybridized carbons (Fsp3) is 0.211. The number of anilines is 2. The van der Waals surface area contributed by atoms with Crippen LogP contribution in [0.2, 0.25) is 0 Å². The Bertz CT molecular complexity index is 786. The number of rotatable bonds is 6. The van der Waals surface area contributed by atoms with Crippen LogP contribution in [0.25, 0.3) is 0 Å². The highest BCUT2D eigenvalue weighted by molar-refractivity contribution is 6.06. The molecule has 0 bridgehead atoms. The Hall–Kier alpha value is -3.15. The van der Waals surface area contributed by atoms with Gasteiger partial charge in [0.1, 0.15) is 5.75 Å². The van der Waals surface area contributed by atoms with Gasteiger partial charge in [0, 0.05) is 29.7 Å². The lowest BCUT2D eigenvalue weighted by molar-refractivity contribution is -0.112. The van der Waals surface area contributed by atoms with Gasteiger partial charge in [0.2, 0.25) is 0 Å². The first-order valence-electron chi connectivity index (χ1n) is 7.92. The minimum absolute atomic E-state index is 0.170. The molecule has 0 fully saturated rings. The van der Waals surface area contributed by atoms with E-state index in [1.807, 2.05) is 13.0 Å². The number of carbonyl (C=O) groups excluding carboxylic acids is 2. The second kappa shape index (κ2) is 8.63. The summed E-state index contributed by atoms with van der Waals surface area (Å²) in [6.45, 7) is 3.73. The summed E-state index contributed by atoms with van der Waals surface area (Å²) < 4.78 is 5.32. The fourth-order valence-electron chi connectivity index (χ4n) is 2.19. The molecular weight excluding hydrogens is 318 g/mol. The molecule has 0 atom stereocenters. The highest BCUT2D eigenvalue weighted by Gasteiger charge is 2.12. The van der Waals surface area contributed by atoms with Gasteiger partial charge in [-0.25, -0.2) is 0 Å². The van der Waals surface area contributed by atoms with E-state index in [0.717, 1.165) is 6.42 Å². The topological polar surface area (TPSA) is 80.3 Å². The van der Waals surface area contributed by atoms with E-state index >= 15 is 0 Å². The van der Waals surface area contributed by atoms with Crippen molar-refractivity contribution < 1.29 is 14.3 Å². The van der Waals surface area contributed by atoms with Crippen LogP contribution in [0.5, 0.6) is 5.75 Å². The number of benzene rings is 1. The molecule has 2 aromatic rings. The molecule has 0 unspecified atom stereocenters. The number of ether oxygens (including phenoxy) is 1. The SMILES string of the molecule is CC/C=C(/C)C(=O)Nc1ccc(NC(=O)c2cccnc2)c(OC)c1. The van der Waals surface area contributed by atoms with Crippen LogP contribution < -0.4 is 15.4 Å². The summed E-state index contributed by atoms with van der Waals surface area (Å²) in [5.74, 6) is -0.00637. The van der Waals surface area contributed by atoms with E-state index in [2.05, 4.69) is 15.6 Å². The lowest BCUT2D eigenvalue weighted by Crippen LogP contribution is -2.14. The molecule has 0 saturated carbocycles. The Morgan fingerprint density at radius 3 is 2.68 bits per heavy atom. The number of hydrogen-bond acceptors (Lipinski definition) is 4. The number of nitrogens with zero attached hydrogens (tertiary/aromatic N) is 1. The second-order valence-corrected chi connectivity index (χ2v) is 5.36. The molecule has 0 saturated heterocycles. The number of hydrogen-bond donors (Lipinski definition) is 2. The van der Waals surface area contributed by atoms with Gasteiger partial charge in [-0.1, -0.05) is 13.0 Å². The summed E-state index contributed by atoms with van der Waals surface area (Å²) in [4.78, 5) is 28.2. The van der Waals surface area contributed by atoms with Crippen molar-refractivity contribution in [1.82, 2.24) is 4.98 Å². The molecule has 0 radical (unpaired) electrons. The van der Waals surface area contributed by atoms with Gasteiger partial charge in [-0.3, -0.25) is 14.6 Å². The van der Waals surface area contributed by atoms with Crippen LogP contribution in [0.4, 0.5) is 11.4 Å². The minimum Gasteiger partial charge on any atom is -0.494 e. The maximum atomic E-state index is 12.2. The standard InChI is InChI=1S/C19H21N3O3/c1-4-6-13(2)18(23)21-15-8-9-16(17(11-15)25-3)22-19(24)14-7-5-10-20-12-14/h5-12H,4H2,1-3H3,(H,21,23)(H,22,24)/b13-6-. The predicted octanol–water partition coefficient (Wildman–Crippen LogP) is 3.64. The molecule has 25 heavy (non-hydrogen) atoms. The van der Waals surface area contributed by atoms with E-state index in [-0.39, 0.29) is 11.8 Å². The molecule has 0 aliphatic heterocycles. The third-order valence-corrected chi connectivity index (χ3v) is 3.50. The molecule has 0 spiro atoms. The van der Waals surface area contributed by atoms with Crippen molar-refractivity contribution >= 4 is 23.2 Å². The number of nitrogens with one attached hydrogen (secondary N) is 2. The smallest absolute Gasteiger partial charge is 0.257 e. The third kappa shape index (κ3) is 4.91. The zero-order valence-electron chi connectivity index (χ0n) is 14.5. The Labute approximate surface area is 146 Å². The number of pyridine rings is 1. The zero-order valence-corrected chi connectivity index (χ0v) is 14.5. The van der Waals surface area contributed by atoms with Crippen molar-refractivity contribution in [3.63, 3.8) is 0 Å². The van der Waals surface area contributed by atoms with Gasteiger partial charge in [-0.2, -0.15) is 0 Å². The Kier molecular flexibility index (Phi) is 6.28. The average Bonchev–Trinajstić information content (AvgIpc) is 2.63. The number of carbonyl (C=O) groups is 2. The van der Waals surface area contributed by atoms with E-state index in [1.165, 1.54) is 13.3 Å². The first-order valence-corrected chi connectivity index (χ1v) is 7.92. The first kappa shape index (κ1) is 18.2. The lowest BCUT2D eigenvalue weighted by Gasteiger charge is -2.13. The molecule has 6 nitrogen and oxygen atoms in total. The van der Waals surface area contributed by atoms with Crippen LogP contribution in [0.15, 0.2) is 54.4 Å². The maximum absolute atomic E-state index is 12.2. The van der Waals surface area contributed by atoms with Crippen molar-refractivity contribution in [1.29, 1.82) is 0 Å². The second-order valence-electron chi connectivity index (χ2n) is 5.36. The molecule has 6 heteroatoms. The number of allylic oxidation sites excluding steroid dienone is 1. The molecule has 0 aliphatic carbocycles. The lowest BCUT2D eigenvalue weighted by atomic mass is 10.2. The zero-order chi connectivity index (χ0) is 18.2. The van der Waals surface area contributed by atoms with Crippen molar-refractivity contribution in [2.24, 2.45) is 0 Å². The molecule has 1 aromatic carbocycles. The van der Waals surface area contributed by atoms with Gasteiger partial charge in [0.05, 0.1) is 18.4 Å². The van der Waals surface area contributed by atoms with E-state index in [1.54, 1.807) is 43.5 Å². The summed E-state index contributed by atoms with van der Waals surface area (Å²) in [6.07, 6.45) is 5.74. The third-order valence-electron chi connectivity index (χ3n) is 3.50. The Morgan fingerprint density at radius 2 is 2.04 bits per heavy atom. The fourth-order valence-corrected chi connectivity index (χ4v) is 2.19. The predicted molar refractivity (Wildman–Crippen MR) is 97.9 cm³/mol. The average molecular weight is 339 g/mol. The summed E-state index contributed by atoms with van der Waals surface area (Å²) >= 11 is 0. The normalized spacial score (nSPS) is 10.9.